The van der Waals surface area contributed by atoms with Gasteiger partial charge in [0.15, 0.2) is 11.5 Å². The molecule has 7 heteroatoms. The Hall–Kier alpha value is -1.94. The van der Waals surface area contributed by atoms with E-state index in [2.05, 4.69) is 0 Å². The SMILES string of the molecule is O=C(/C=C/c1ccc2c(c1)OC(F)(P)O2)N1CCCCCC1=O. The first kappa shape index (κ1) is 15.9. The van der Waals surface area contributed by atoms with Gasteiger partial charge in [-0.1, -0.05) is 12.5 Å². The third-order valence-electron chi connectivity index (χ3n) is 3.72. The number of imide groups is 1. The summed E-state index contributed by atoms with van der Waals surface area (Å²) in [4.78, 5) is 25.3. The van der Waals surface area contributed by atoms with Gasteiger partial charge in [0.2, 0.25) is 5.91 Å². The van der Waals surface area contributed by atoms with Gasteiger partial charge in [0.1, 0.15) is 0 Å². The van der Waals surface area contributed by atoms with E-state index in [0.29, 0.717) is 24.3 Å². The molecule has 2 amide bonds. The molecule has 3 rings (SSSR count). The van der Waals surface area contributed by atoms with Gasteiger partial charge in [-0.3, -0.25) is 14.5 Å². The van der Waals surface area contributed by atoms with Crippen molar-refractivity contribution in [2.24, 2.45) is 0 Å². The fourth-order valence-electron chi connectivity index (χ4n) is 2.59. The molecule has 5 nitrogen and oxygen atoms in total. The minimum Gasteiger partial charge on any atom is -0.420 e. The minimum atomic E-state index is -2.25. The molecular formula is C16H17FNO4P. The van der Waals surface area contributed by atoms with Gasteiger partial charge in [-0.05, 0) is 45.9 Å². The minimum absolute atomic E-state index is 0.131. The first-order valence-electron chi connectivity index (χ1n) is 7.47. The summed E-state index contributed by atoms with van der Waals surface area (Å²) in [6.45, 7) is 0.459. The summed E-state index contributed by atoms with van der Waals surface area (Å²) in [5.41, 5.74) is 0.658. The lowest BCUT2D eigenvalue weighted by Gasteiger charge is -2.16. The molecule has 0 aliphatic carbocycles. The lowest BCUT2D eigenvalue weighted by atomic mass is 10.2. The fraction of sp³-hybridized carbons (Fsp3) is 0.375. The average molecular weight is 337 g/mol. The van der Waals surface area contributed by atoms with Gasteiger partial charge in [-0.2, -0.15) is 4.39 Å². The van der Waals surface area contributed by atoms with Crippen LogP contribution in [0.15, 0.2) is 24.3 Å². The maximum absolute atomic E-state index is 13.6. The smallest absolute Gasteiger partial charge is 0.418 e. The number of nitrogens with zero attached hydrogens (tertiary/aromatic N) is 1. The van der Waals surface area contributed by atoms with Gasteiger partial charge in [-0.15, -0.1) is 0 Å². The molecule has 1 aromatic carbocycles. The molecular weight excluding hydrogens is 320 g/mol. The van der Waals surface area contributed by atoms with Crippen LogP contribution in [0.3, 0.4) is 0 Å². The summed E-state index contributed by atoms with van der Waals surface area (Å²) < 4.78 is 23.5. The number of halogens is 1. The molecule has 0 aromatic heterocycles. The Morgan fingerprint density at radius 1 is 1.26 bits per heavy atom. The molecule has 0 N–H and O–H groups in total. The number of fused-ring (bicyclic) bond motifs is 1. The Morgan fingerprint density at radius 3 is 2.87 bits per heavy atom. The molecule has 2 atom stereocenters. The summed E-state index contributed by atoms with van der Waals surface area (Å²) in [6, 6.07) is 4.83. The lowest BCUT2D eigenvalue weighted by Crippen LogP contribution is -2.35. The first-order valence-corrected chi connectivity index (χ1v) is 8.05. The highest BCUT2D eigenvalue weighted by molar-refractivity contribution is 7.18. The highest BCUT2D eigenvalue weighted by atomic mass is 31.0. The van der Waals surface area contributed by atoms with Crippen molar-refractivity contribution in [2.45, 2.75) is 31.5 Å². The molecule has 2 unspecified atom stereocenters. The monoisotopic (exact) mass is 337 g/mol. The number of ether oxygens (including phenoxy) is 2. The zero-order chi connectivity index (χ0) is 16.4. The van der Waals surface area contributed by atoms with E-state index in [1.807, 2.05) is 9.24 Å². The number of hydrogen-bond donors (Lipinski definition) is 0. The number of rotatable bonds is 2. The largest absolute Gasteiger partial charge is 0.420 e. The predicted octanol–water partition coefficient (Wildman–Crippen LogP) is 2.86. The second-order valence-corrected chi connectivity index (χ2v) is 6.21. The van der Waals surface area contributed by atoms with E-state index >= 15 is 0 Å². The number of amides is 2. The average Bonchev–Trinajstić information content (AvgIpc) is 2.65. The molecule has 1 aromatic rings. The van der Waals surface area contributed by atoms with Crippen molar-refractivity contribution in [1.82, 2.24) is 4.90 Å². The number of benzene rings is 1. The fourth-order valence-corrected chi connectivity index (χ4v) is 2.84. The third kappa shape index (κ3) is 3.70. The van der Waals surface area contributed by atoms with Crippen LogP contribution in [0.2, 0.25) is 0 Å². The van der Waals surface area contributed by atoms with E-state index in [9.17, 15) is 14.0 Å². The van der Waals surface area contributed by atoms with Crippen LogP contribution in [0, 0.1) is 0 Å². The first-order chi connectivity index (χ1) is 10.9. The van der Waals surface area contributed by atoms with Crippen molar-refractivity contribution in [3.63, 3.8) is 0 Å². The summed E-state index contributed by atoms with van der Waals surface area (Å²) in [6.07, 6.45) is 5.96. The maximum Gasteiger partial charge on any atom is 0.418 e. The van der Waals surface area contributed by atoms with Gasteiger partial charge in [0, 0.05) is 19.0 Å². The predicted molar refractivity (Wildman–Crippen MR) is 85.5 cm³/mol. The number of alkyl halides is 1. The zero-order valence-corrected chi connectivity index (χ0v) is 13.6. The standard InChI is InChI=1S/C16H17FNO4P/c17-16(23)21-12-7-5-11(10-13(12)22-16)6-8-15(20)18-9-3-1-2-4-14(18)19/h5-8,10H,1-4,9,23H2/b8-6+. The van der Waals surface area contributed by atoms with Crippen LogP contribution >= 0.6 is 9.24 Å². The molecule has 0 saturated carbocycles. The lowest BCUT2D eigenvalue weighted by molar-refractivity contribution is -0.141. The van der Waals surface area contributed by atoms with E-state index in [-0.39, 0.29) is 17.6 Å². The second kappa shape index (κ2) is 6.28. The summed E-state index contributed by atoms with van der Waals surface area (Å²) in [5, 5.41) is 0. The van der Waals surface area contributed by atoms with E-state index in [1.54, 1.807) is 24.3 Å². The van der Waals surface area contributed by atoms with E-state index < -0.39 is 5.78 Å². The Balaban J connectivity index is 1.71. The molecule has 122 valence electrons. The van der Waals surface area contributed by atoms with Gasteiger partial charge in [0.25, 0.3) is 5.91 Å². The van der Waals surface area contributed by atoms with E-state index in [1.165, 1.54) is 11.0 Å². The molecule has 23 heavy (non-hydrogen) atoms. The second-order valence-electron chi connectivity index (χ2n) is 5.52. The normalized spacial score (nSPS) is 24.1. The van der Waals surface area contributed by atoms with Crippen molar-refractivity contribution >= 4 is 27.1 Å². The third-order valence-corrected chi connectivity index (χ3v) is 3.96. The Labute approximate surface area is 135 Å². The van der Waals surface area contributed by atoms with Crippen LogP contribution in [0.25, 0.3) is 6.08 Å². The highest BCUT2D eigenvalue weighted by Crippen LogP contribution is 2.43. The molecule has 2 heterocycles. The molecule has 1 saturated heterocycles. The van der Waals surface area contributed by atoms with Gasteiger partial charge >= 0.3 is 5.78 Å². The van der Waals surface area contributed by atoms with Crippen molar-refractivity contribution in [2.75, 3.05) is 6.54 Å². The van der Waals surface area contributed by atoms with Crippen molar-refractivity contribution in [3.8, 4) is 11.5 Å². The molecule has 2 aliphatic heterocycles. The van der Waals surface area contributed by atoms with Crippen LogP contribution in [-0.4, -0.2) is 29.0 Å². The molecule has 0 spiro atoms. The number of carbonyl (C=O) groups is 2. The summed E-state index contributed by atoms with van der Waals surface area (Å²) >= 11 is 0. The number of likely N-dealkylation sites (tertiary alicyclic amines) is 1. The summed E-state index contributed by atoms with van der Waals surface area (Å²) in [5.74, 6) is -2.15. The molecule has 2 aliphatic rings. The van der Waals surface area contributed by atoms with E-state index in [0.717, 1.165) is 19.3 Å². The van der Waals surface area contributed by atoms with Gasteiger partial charge in [-0.25, -0.2) is 0 Å². The Bertz CT molecular complexity index is 674. The van der Waals surface area contributed by atoms with Crippen LogP contribution in [0.5, 0.6) is 11.5 Å². The quantitative estimate of drug-likeness (QED) is 0.615. The van der Waals surface area contributed by atoms with Crippen molar-refractivity contribution < 1.29 is 23.5 Å². The Morgan fingerprint density at radius 2 is 2.04 bits per heavy atom. The van der Waals surface area contributed by atoms with E-state index in [4.69, 9.17) is 9.47 Å². The van der Waals surface area contributed by atoms with Gasteiger partial charge in [0.05, 0.1) is 0 Å². The van der Waals surface area contributed by atoms with Crippen molar-refractivity contribution in [3.05, 3.63) is 29.8 Å². The van der Waals surface area contributed by atoms with Crippen molar-refractivity contribution in [1.29, 1.82) is 0 Å². The topological polar surface area (TPSA) is 55.8 Å². The number of hydrogen-bond acceptors (Lipinski definition) is 4. The molecule has 1 fully saturated rings. The van der Waals surface area contributed by atoms with Crippen LogP contribution in [0.4, 0.5) is 4.39 Å². The van der Waals surface area contributed by atoms with Crippen LogP contribution in [0.1, 0.15) is 31.2 Å². The Kier molecular flexibility index (Phi) is 4.35. The summed E-state index contributed by atoms with van der Waals surface area (Å²) in [7, 11) is 1.83. The molecule has 0 radical (unpaired) electrons. The zero-order valence-electron chi connectivity index (χ0n) is 12.5. The molecule has 0 bridgehead atoms. The van der Waals surface area contributed by atoms with Gasteiger partial charge < -0.3 is 9.47 Å². The highest BCUT2D eigenvalue weighted by Gasteiger charge is 2.36. The van der Waals surface area contributed by atoms with Crippen LogP contribution < -0.4 is 9.47 Å². The number of carbonyl (C=O) groups excluding carboxylic acids is 2. The van der Waals surface area contributed by atoms with Crippen LogP contribution in [-0.2, 0) is 9.59 Å². The maximum atomic E-state index is 13.6.